The van der Waals surface area contributed by atoms with Gasteiger partial charge in [-0.2, -0.15) is 0 Å². The molecule has 0 aliphatic carbocycles. The van der Waals surface area contributed by atoms with Gasteiger partial charge in [0.1, 0.15) is 0 Å². The summed E-state index contributed by atoms with van der Waals surface area (Å²) in [4.78, 5) is 16.9. The van der Waals surface area contributed by atoms with Gasteiger partial charge >= 0.3 is 0 Å². The topological polar surface area (TPSA) is 23.6 Å². The molecule has 1 aromatic carbocycles. The fraction of sp³-hybridized carbons (Fsp3) is 0.611. The molecule has 2 aliphatic rings. The molecule has 3 nitrogen and oxygen atoms in total. The van der Waals surface area contributed by atoms with Crippen LogP contribution in [0.4, 0.5) is 0 Å². The number of nitrogens with zero attached hydrogens (tertiary/aromatic N) is 2. The predicted octanol–water partition coefficient (Wildman–Crippen LogP) is 2.71. The zero-order valence-corrected chi connectivity index (χ0v) is 12.8. The molecule has 0 spiro atoms. The molecule has 3 heteroatoms. The fourth-order valence-corrected chi connectivity index (χ4v) is 3.41. The van der Waals surface area contributed by atoms with E-state index in [0.29, 0.717) is 18.5 Å². The number of rotatable bonds is 4. The van der Waals surface area contributed by atoms with Gasteiger partial charge in [0.05, 0.1) is 6.54 Å². The quantitative estimate of drug-likeness (QED) is 0.849. The second-order valence-corrected chi connectivity index (χ2v) is 6.40. The van der Waals surface area contributed by atoms with Gasteiger partial charge in [-0.15, -0.1) is 0 Å². The SMILES string of the molecule is O=C(CN1CCC1Cc1ccccc1)N1CCCCCC1. The minimum Gasteiger partial charge on any atom is -0.342 e. The van der Waals surface area contributed by atoms with Gasteiger partial charge in [-0.25, -0.2) is 0 Å². The lowest BCUT2D eigenvalue weighted by Gasteiger charge is -2.41. The number of likely N-dealkylation sites (tertiary alicyclic amines) is 2. The molecule has 114 valence electrons. The van der Waals surface area contributed by atoms with Gasteiger partial charge in [0, 0.05) is 25.7 Å². The molecule has 21 heavy (non-hydrogen) atoms. The summed E-state index contributed by atoms with van der Waals surface area (Å²) in [5.41, 5.74) is 1.38. The van der Waals surface area contributed by atoms with Crippen molar-refractivity contribution in [1.82, 2.24) is 9.80 Å². The Morgan fingerprint density at radius 3 is 2.33 bits per heavy atom. The Labute approximate surface area is 127 Å². The van der Waals surface area contributed by atoms with Crippen molar-refractivity contribution in [1.29, 1.82) is 0 Å². The average Bonchev–Trinajstić information content (AvgIpc) is 2.79. The Kier molecular flexibility index (Phi) is 4.91. The average molecular weight is 286 g/mol. The van der Waals surface area contributed by atoms with E-state index in [9.17, 15) is 4.79 Å². The third kappa shape index (κ3) is 3.85. The van der Waals surface area contributed by atoms with Crippen LogP contribution in [0.25, 0.3) is 0 Å². The van der Waals surface area contributed by atoms with E-state index in [1.165, 1.54) is 37.7 Å². The molecule has 0 aromatic heterocycles. The summed E-state index contributed by atoms with van der Waals surface area (Å²) >= 11 is 0. The van der Waals surface area contributed by atoms with Crippen LogP contribution in [0.5, 0.6) is 0 Å². The Morgan fingerprint density at radius 1 is 1.00 bits per heavy atom. The van der Waals surface area contributed by atoms with Gasteiger partial charge in [0.2, 0.25) is 5.91 Å². The molecule has 2 saturated heterocycles. The standard InChI is InChI=1S/C18H26N2O/c21-18(19-11-6-1-2-7-12-19)15-20-13-10-17(20)14-16-8-4-3-5-9-16/h3-5,8-9,17H,1-2,6-7,10-15H2. The van der Waals surface area contributed by atoms with Gasteiger partial charge in [-0.3, -0.25) is 9.69 Å². The third-order valence-electron chi connectivity index (χ3n) is 4.88. The highest BCUT2D eigenvalue weighted by Gasteiger charge is 2.30. The highest BCUT2D eigenvalue weighted by Crippen LogP contribution is 2.22. The zero-order chi connectivity index (χ0) is 14.5. The second-order valence-electron chi connectivity index (χ2n) is 6.40. The molecule has 0 N–H and O–H groups in total. The number of hydrogen-bond acceptors (Lipinski definition) is 2. The summed E-state index contributed by atoms with van der Waals surface area (Å²) in [5, 5.41) is 0. The van der Waals surface area contributed by atoms with E-state index in [1.807, 2.05) is 0 Å². The summed E-state index contributed by atoms with van der Waals surface area (Å²) < 4.78 is 0. The van der Waals surface area contributed by atoms with Crippen molar-refractivity contribution in [2.24, 2.45) is 0 Å². The Balaban J connectivity index is 1.49. The molecule has 2 fully saturated rings. The number of benzene rings is 1. The lowest BCUT2D eigenvalue weighted by Crippen LogP contribution is -2.53. The van der Waals surface area contributed by atoms with Gasteiger partial charge < -0.3 is 4.90 Å². The van der Waals surface area contributed by atoms with Gasteiger partial charge in [-0.1, -0.05) is 43.2 Å². The van der Waals surface area contributed by atoms with Gasteiger partial charge in [0.25, 0.3) is 0 Å². The van der Waals surface area contributed by atoms with Crippen LogP contribution in [0.2, 0.25) is 0 Å². The second kappa shape index (κ2) is 7.08. The molecule has 3 rings (SSSR count). The van der Waals surface area contributed by atoms with Crippen molar-refractivity contribution < 1.29 is 4.79 Å². The van der Waals surface area contributed by atoms with Crippen LogP contribution in [0.1, 0.15) is 37.7 Å². The van der Waals surface area contributed by atoms with Crippen molar-refractivity contribution in [2.45, 2.75) is 44.6 Å². The lowest BCUT2D eigenvalue weighted by atomic mass is 9.95. The predicted molar refractivity (Wildman–Crippen MR) is 85.2 cm³/mol. The van der Waals surface area contributed by atoms with Gasteiger partial charge in [-0.05, 0) is 31.2 Å². The van der Waals surface area contributed by atoms with Crippen molar-refractivity contribution in [2.75, 3.05) is 26.2 Å². The molecule has 2 heterocycles. The summed E-state index contributed by atoms with van der Waals surface area (Å²) in [5.74, 6) is 0.342. The van der Waals surface area contributed by atoms with E-state index in [4.69, 9.17) is 0 Å². The van der Waals surface area contributed by atoms with Crippen LogP contribution in [-0.2, 0) is 11.2 Å². The monoisotopic (exact) mass is 286 g/mol. The summed E-state index contributed by atoms with van der Waals surface area (Å²) in [6.45, 7) is 3.64. The minimum atomic E-state index is 0.342. The first-order valence-electron chi connectivity index (χ1n) is 8.39. The molecule has 0 saturated carbocycles. The van der Waals surface area contributed by atoms with Crippen molar-refractivity contribution in [3.63, 3.8) is 0 Å². The maximum Gasteiger partial charge on any atom is 0.236 e. The molecular formula is C18H26N2O. The largest absolute Gasteiger partial charge is 0.342 e. The molecule has 2 aliphatic heterocycles. The van der Waals surface area contributed by atoms with E-state index in [0.717, 1.165) is 26.1 Å². The molecular weight excluding hydrogens is 260 g/mol. The molecule has 0 radical (unpaired) electrons. The number of hydrogen-bond donors (Lipinski definition) is 0. The molecule has 0 bridgehead atoms. The van der Waals surface area contributed by atoms with Crippen molar-refractivity contribution in [3.8, 4) is 0 Å². The Morgan fingerprint density at radius 2 is 1.71 bits per heavy atom. The Hall–Kier alpha value is -1.35. The maximum absolute atomic E-state index is 12.4. The van der Waals surface area contributed by atoms with Gasteiger partial charge in [0.15, 0.2) is 0 Å². The molecule has 1 atom stereocenters. The van der Waals surface area contributed by atoms with Crippen LogP contribution >= 0.6 is 0 Å². The van der Waals surface area contributed by atoms with Crippen LogP contribution in [-0.4, -0.2) is 47.9 Å². The van der Waals surface area contributed by atoms with Crippen molar-refractivity contribution in [3.05, 3.63) is 35.9 Å². The maximum atomic E-state index is 12.4. The van der Waals surface area contributed by atoms with E-state index in [-0.39, 0.29) is 0 Å². The third-order valence-corrected chi connectivity index (χ3v) is 4.88. The van der Waals surface area contributed by atoms with Crippen LogP contribution in [0.15, 0.2) is 30.3 Å². The van der Waals surface area contributed by atoms with E-state index in [2.05, 4.69) is 40.1 Å². The number of amides is 1. The van der Waals surface area contributed by atoms with E-state index >= 15 is 0 Å². The molecule has 1 aromatic rings. The highest BCUT2D eigenvalue weighted by atomic mass is 16.2. The fourth-order valence-electron chi connectivity index (χ4n) is 3.41. The summed E-state index contributed by atoms with van der Waals surface area (Å²) in [6, 6.07) is 11.2. The first-order chi connectivity index (χ1) is 10.3. The lowest BCUT2D eigenvalue weighted by molar-refractivity contribution is -0.134. The summed E-state index contributed by atoms with van der Waals surface area (Å²) in [7, 11) is 0. The minimum absolute atomic E-state index is 0.342. The van der Waals surface area contributed by atoms with E-state index in [1.54, 1.807) is 0 Å². The molecule has 1 unspecified atom stereocenters. The Bertz CT molecular complexity index is 452. The smallest absolute Gasteiger partial charge is 0.236 e. The first kappa shape index (κ1) is 14.6. The highest BCUT2D eigenvalue weighted by molar-refractivity contribution is 5.78. The first-order valence-corrected chi connectivity index (χ1v) is 8.39. The number of carbonyl (C=O) groups excluding carboxylic acids is 1. The van der Waals surface area contributed by atoms with Crippen LogP contribution < -0.4 is 0 Å². The number of carbonyl (C=O) groups is 1. The molecule has 1 amide bonds. The van der Waals surface area contributed by atoms with Crippen molar-refractivity contribution >= 4 is 5.91 Å². The van der Waals surface area contributed by atoms with E-state index < -0.39 is 0 Å². The van der Waals surface area contributed by atoms with Crippen LogP contribution in [0, 0.1) is 0 Å². The normalized spacial score (nSPS) is 23.4. The summed E-state index contributed by atoms with van der Waals surface area (Å²) in [6.07, 6.45) is 7.23. The van der Waals surface area contributed by atoms with Crippen LogP contribution in [0.3, 0.4) is 0 Å². The zero-order valence-electron chi connectivity index (χ0n) is 12.8.